The highest BCUT2D eigenvalue weighted by Gasteiger charge is 2.33. The zero-order valence-corrected chi connectivity index (χ0v) is 18.4. The summed E-state index contributed by atoms with van der Waals surface area (Å²) in [6.07, 6.45) is -1.07. The molecule has 1 aliphatic rings. The van der Waals surface area contributed by atoms with Crippen molar-refractivity contribution in [3.63, 3.8) is 0 Å². The lowest BCUT2D eigenvalue weighted by atomic mass is 10.1. The second kappa shape index (κ2) is 9.95. The number of nitrogen functional groups attached to an aromatic ring is 1. The van der Waals surface area contributed by atoms with Gasteiger partial charge in [-0.15, -0.1) is 0 Å². The van der Waals surface area contributed by atoms with Crippen LogP contribution in [0, 0.1) is 5.41 Å². The van der Waals surface area contributed by atoms with Gasteiger partial charge in [-0.1, -0.05) is 24.3 Å². The van der Waals surface area contributed by atoms with E-state index < -0.39 is 18.2 Å². The smallest absolute Gasteiger partial charge is 0.414 e. The number of benzene rings is 3. The third-order valence-corrected chi connectivity index (χ3v) is 4.92. The molecule has 1 unspecified atom stereocenters. The van der Waals surface area contributed by atoms with Gasteiger partial charge in [-0.2, -0.15) is 0 Å². The molecule has 3 aromatic rings. The number of nitrogens with one attached hydrogen (secondary N) is 1. The first kappa shape index (κ1) is 22.7. The van der Waals surface area contributed by atoms with Crippen molar-refractivity contribution < 1.29 is 28.5 Å². The normalized spacial score (nSPS) is 14.9. The molecule has 1 heterocycles. The van der Waals surface area contributed by atoms with Crippen LogP contribution >= 0.6 is 0 Å². The lowest BCUT2D eigenvalue weighted by Gasteiger charge is -2.16. The van der Waals surface area contributed by atoms with Gasteiger partial charge >= 0.3 is 12.1 Å². The molecule has 3 N–H and O–H groups in total. The van der Waals surface area contributed by atoms with Gasteiger partial charge in [0.05, 0.1) is 17.8 Å². The standard InChI is InChI=1S/C25H23N3O6/c1-16(29)32-23-12-17(10-11-22(23)24(26)27)28-14-21(34-25(28)30)15-31-19-8-5-9-20(13-19)33-18-6-3-2-4-7-18/h2-13,21H,14-15H2,1H3,(H3,26,27). The van der Waals surface area contributed by atoms with Crippen molar-refractivity contribution in [1.29, 1.82) is 5.41 Å². The summed E-state index contributed by atoms with van der Waals surface area (Å²) in [5.74, 6) is 1.19. The number of para-hydroxylation sites is 1. The fraction of sp³-hybridized carbons (Fsp3) is 0.160. The third kappa shape index (κ3) is 5.44. The predicted octanol–water partition coefficient (Wildman–Crippen LogP) is 4.09. The SMILES string of the molecule is CC(=O)Oc1cc(N2CC(COc3cccc(Oc4ccccc4)c3)OC2=O)ccc1C(=N)N. The van der Waals surface area contributed by atoms with Crippen LogP contribution in [0.5, 0.6) is 23.0 Å². The number of carbonyl (C=O) groups excluding carboxylic acids is 2. The van der Waals surface area contributed by atoms with Gasteiger partial charge in [0.25, 0.3) is 0 Å². The molecule has 4 rings (SSSR count). The van der Waals surface area contributed by atoms with E-state index >= 15 is 0 Å². The number of amides is 1. The third-order valence-electron chi connectivity index (χ3n) is 4.92. The molecule has 1 fully saturated rings. The van der Waals surface area contributed by atoms with Gasteiger partial charge in [0, 0.05) is 19.1 Å². The summed E-state index contributed by atoms with van der Waals surface area (Å²) >= 11 is 0. The number of esters is 1. The van der Waals surface area contributed by atoms with Crippen LogP contribution < -0.4 is 24.8 Å². The molecule has 9 nitrogen and oxygen atoms in total. The van der Waals surface area contributed by atoms with Gasteiger partial charge in [-0.05, 0) is 36.4 Å². The summed E-state index contributed by atoms with van der Waals surface area (Å²) in [4.78, 5) is 25.3. The van der Waals surface area contributed by atoms with Gasteiger partial charge in [-0.3, -0.25) is 15.1 Å². The Morgan fingerprint density at radius 2 is 1.79 bits per heavy atom. The Kier molecular flexibility index (Phi) is 6.63. The van der Waals surface area contributed by atoms with Gasteiger partial charge in [0.2, 0.25) is 0 Å². The maximum atomic E-state index is 12.5. The van der Waals surface area contributed by atoms with Gasteiger partial charge < -0.3 is 24.7 Å². The maximum absolute atomic E-state index is 12.5. The Hall–Kier alpha value is -4.53. The summed E-state index contributed by atoms with van der Waals surface area (Å²) < 4.78 is 22.2. The summed E-state index contributed by atoms with van der Waals surface area (Å²) in [7, 11) is 0. The first-order valence-electron chi connectivity index (χ1n) is 10.5. The first-order chi connectivity index (χ1) is 16.4. The molecule has 3 aromatic carbocycles. The topological polar surface area (TPSA) is 124 Å². The molecular weight excluding hydrogens is 438 g/mol. The fourth-order valence-electron chi connectivity index (χ4n) is 3.40. The van der Waals surface area contributed by atoms with Crippen molar-refractivity contribution >= 4 is 23.6 Å². The number of amidine groups is 1. The highest BCUT2D eigenvalue weighted by atomic mass is 16.6. The maximum Gasteiger partial charge on any atom is 0.414 e. The molecule has 9 heteroatoms. The second-order valence-corrected chi connectivity index (χ2v) is 7.51. The Bertz CT molecular complexity index is 1210. The van der Waals surface area contributed by atoms with Crippen molar-refractivity contribution in [3.8, 4) is 23.0 Å². The molecule has 0 radical (unpaired) electrons. The highest BCUT2D eigenvalue weighted by Crippen LogP contribution is 2.30. The van der Waals surface area contributed by atoms with Crippen molar-refractivity contribution in [2.45, 2.75) is 13.0 Å². The Balaban J connectivity index is 1.40. The van der Waals surface area contributed by atoms with Crippen LogP contribution in [-0.4, -0.2) is 37.2 Å². The van der Waals surface area contributed by atoms with Crippen molar-refractivity contribution in [2.75, 3.05) is 18.1 Å². The zero-order chi connectivity index (χ0) is 24.1. The average molecular weight is 461 g/mol. The molecule has 1 aliphatic heterocycles. The van der Waals surface area contributed by atoms with E-state index in [4.69, 9.17) is 30.1 Å². The number of cyclic esters (lactones) is 1. The lowest BCUT2D eigenvalue weighted by Crippen LogP contribution is -2.27. The van der Waals surface area contributed by atoms with Crippen LogP contribution in [0.4, 0.5) is 10.5 Å². The number of carbonyl (C=O) groups is 2. The predicted molar refractivity (Wildman–Crippen MR) is 125 cm³/mol. The molecule has 0 bridgehead atoms. The van der Waals surface area contributed by atoms with E-state index in [1.54, 1.807) is 18.2 Å². The molecule has 34 heavy (non-hydrogen) atoms. The quantitative estimate of drug-likeness (QED) is 0.224. The van der Waals surface area contributed by atoms with Crippen LogP contribution in [-0.2, 0) is 9.53 Å². The van der Waals surface area contributed by atoms with Crippen LogP contribution in [0.3, 0.4) is 0 Å². The minimum atomic E-state index is -0.562. The van der Waals surface area contributed by atoms with E-state index in [1.807, 2.05) is 42.5 Å². The summed E-state index contributed by atoms with van der Waals surface area (Å²) in [6.45, 7) is 1.62. The minimum absolute atomic E-state index is 0.0974. The molecule has 1 atom stereocenters. The molecule has 0 spiro atoms. The number of ether oxygens (including phenoxy) is 4. The zero-order valence-electron chi connectivity index (χ0n) is 18.4. The minimum Gasteiger partial charge on any atom is -0.490 e. The number of hydrogen-bond donors (Lipinski definition) is 2. The van der Waals surface area contributed by atoms with Crippen molar-refractivity contribution in [2.24, 2.45) is 5.73 Å². The number of nitrogens with two attached hydrogens (primary N) is 1. The summed E-state index contributed by atoms with van der Waals surface area (Å²) in [6, 6.07) is 21.2. The number of anilines is 1. The molecule has 174 valence electrons. The molecular formula is C25H23N3O6. The number of nitrogens with zero attached hydrogens (tertiary/aromatic N) is 1. The van der Waals surface area contributed by atoms with E-state index in [9.17, 15) is 9.59 Å². The molecule has 1 saturated heterocycles. The van der Waals surface area contributed by atoms with E-state index in [0.29, 0.717) is 22.9 Å². The summed E-state index contributed by atoms with van der Waals surface area (Å²) in [5, 5.41) is 7.64. The monoisotopic (exact) mass is 461 g/mol. The van der Waals surface area contributed by atoms with Gasteiger partial charge in [-0.25, -0.2) is 4.79 Å². The highest BCUT2D eigenvalue weighted by molar-refractivity contribution is 5.99. The number of hydrogen-bond acceptors (Lipinski definition) is 7. The van der Waals surface area contributed by atoms with E-state index in [0.717, 1.165) is 0 Å². The van der Waals surface area contributed by atoms with Crippen LogP contribution in [0.25, 0.3) is 0 Å². The molecule has 1 amide bonds. The second-order valence-electron chi connectivity index (χ2n) is 7.51. The van der Waals surface area contributed by atoms with E-state index in [1.165, 1.54) is 24.0 Å². The van der Waals surface area contributed by atoms with Crippen molar-refractivity contribution in [1.82, 2.24) is 0 Å². The van der Waals surface area contributed by atoms with E-state index in [-0.39, 0.29) is 30.3 Å². The Morgan fingerprint density at radius 3 is 2.53 bits per heavy atom. The largest absolute Gasteiger partial charge is 0.490 e. The molecule has 0 aliphatic carbocycles. The molecule has 0 aromatic heterocycles. The van der Waals surface area contributed by atoms with Gasteiger partial charge in [0.1, 0.15) is 35.4 Å². The van der Waals surface area contributed by atoms with E-state index in [2.05, 4.69) is 0 Å². The van der Waals surface area contributed by atoms with Crippen LogP contribution in [0.1, 0.15) is 12.5 Å². The Labute approximate surface area is 196 Å². The first-order valence-corrected chi connectivity index (χ1v) is 10.5. The van der Waals surface area contributed by atoms with Crippen LogP contribution in [0.15, 0.2) is 72.8 Å². The summed E-state index contributed by atoms with van der Waals surface area (Å²) in [5.41, 5.74) is 6.26. The molecule has 0 saturated carbocycles. The van der Waals surface area contributed by atoms with Crippen LogP contribution in [0.2, 0.25) is 0 Å². The Morgan fingerprint density at radius 1 is 1.06 bits per heavy atom. The average Bonchev–Trinajstić information content (AvgIpc) is 3.18. The fourth-order valence-corrected chi connectivity index (χ4v) is 3.40. The number of rotatable bonds is 8. The van der Waals surface area contributed by atoms with Crippen molar-refractivity contribution in [3.05, 3.63) is 78.4 Å². The lowest BCUT2D eigenvalue weighted by molar-refractivity contribution is -0.131. The van der Waals surface area contributed by atoms with Gasteiger partial charge in [0.15, 0.2) is 6.10 Å².